The number of benzene rings is 2. The highest BCUT2D eigenvalue weighted by Crippen LogP contribution is 2.21. The number of aromatic carboxylic acids is 1. The molecule has 3 rings (SSSR count). The summed E-state index contributed by atoms with van der Waals surface area (Å²) in [6, 6.07) is 16.8. The maximum atomic E-state index is 11.0. The summed E-state index contributed by atoms with van der Waals surface area (Å²) in [5.41, 5.74) is 3.25. The van der Waals surface area contributed by atoms with Gasteiger partial charge in [0.2, 0.25) is 0 Å². The number of carboxylic acid groups (broad SMARTS) is 1. The molecule has 0 saturated heterocycles. The number of hydrogen-bond donors (Lipinski definition) is 1. The van der Waals surface area contributed by atoms with E-state index in [-0.39, 0.29) is 0 Å². The molecule has 5 heteroatoms. The summed E-state index contributed by atoms with van der Waals surface area (Å²) in [5, 5.41) is 11.1. The van der Waals surface area contributed by atoms with Crippen LogP contribution in [0.25, 0.3) is 11.3 Å². The van der Waals surface area contributed by atoms with Crippen LogP contribution in [0.2, 0.25) is 0 Å². The van der Waals surface area contributed by atoms with Crippen molar-refractivity contribution in [2.24, 2.45) is 4.99 Å². The predicted octanol–water partition coefficient (Wildman–Crippen LogP) is 4.17. The number of carbonyl (C=O) groups is 1. The summed E-state index contributed by atoms with van der Waals surface area (Å²) >= 11 is 1.58. The fraction of sp³-hybridized carbons (Fsp3) is 0.111. The van der Waals surface area contributed by atoms with Crippen LogP contribution in [0.4, 0.5) is 5.69 Å². The van der Waals surface area contributed by atoms with E-state index in [9.17, 15) is 4.79 Å². The van der Waals surface area contributed by atoms with Crippen molar-refractivity contribution in [2.45, 2.75) is 13.5 Å². The highest BCUT2D eigenvalue weighted by molar-refractivity contribution is 7.07. The molecule has 0 saturated carbocycles. The summed E-state index contributed by atoms with van der Waals surface area (Å²) in [6.45, 7) is 2.87. The van der Waals surface area contributed by atoms with Gasteiger partial charge in [-0.2, -0.15) is 0 Å². The SMILES string of the molecule is CCn1c(-c2ccc(C(=O)O)cc2)csc1=Nc1ccccc1. The smallest absolute Gasteiger partial charge is 0.335 e. The maximum absolute atomic E-state index is 11.0. The first kappa shape index (κ1) is 15.2. The number of aromatic nitrogens is 1. The molecule has 2 aromatic carbocycles. The Labute approximate surface area is 138 Å². The van der Waals surface area contributed by atoms with Crippen LogP contribution in [0.3, 0.4) is 0 Å². The van der Waals surface area contributed by atoms with Crippen LogP contribution in [-0.2, 0) is 6.54 Å². The molecule has 0 fully saturated rings. The quantitative estimate of drug-likeness (QED) is 0.783. The molecule has 0 unspecified atom stereocenters. The number of nitrogens with zero attached hydrogens (tertiary/aromatic N) is 2. The summed E-state index contributed by atoms with van der Waals surface area (Å²) < 4.78 is 2.13. The molecule has 3 aromatic rings. The molecule has 0 spiro atoms. The molecular weight excluding hydrogens is 308 g/mol. The van der Waals surface area contributed by atoms with E-state index in [1.165, 1.54) is 0 Å². The predicted molar refractivity (Wildman–Crippen MR) is 92.0 cm³/mol. The molecule has 0 amide bonds. The van der Waals surface area contributed by atoms with E-state index in [0.717, 1.165) is 28.3 Å². The van der Waals surface area contributed by atoms with Gasteiger partial charge in [0.25, 0.3) is 0 Å². The second kappa shape index (κ2) is 6.62. The van der Waals surface area contributed by atoms with Gasteiger partial charge in [-0.15, -0.1) is 11.3 Å². The molecule has 4 nitrogen and oxygen atoms in total. The van der Waals surface area contributed by atoms with Gasteiger partial charge in [-0.25, -0.2) is 9.79 Å². The highest BCUT2D eigenvalue weighted by atomic mass is 32.1. The molecule has 23 heavy (non-hydrogen) atoms. The van der Waals surface area contributed by atoms with Crippen molar-refractivity contribution in [1.82, 2.24) is 4.57 Å². The molecule has 0 aliphatic heterocycles. The van der Waals surface area contributed by atoms with E-state index in [2.05, 4.69) is 16.9 Å². The zero-order valence-electron chi connectivity index (χ0n) is 12.6. The normalized spacial score (nSPS) is 11.6. The van der Waals surface area contributed by atoms with Gasteiger partial charge in [0.15, 0.2) is 4.80 Å². The minimum absolute atomic E-state index is 0.293. The van der Waals surface area contributed by atoms with Gasteiger partial charge in [-0.1, -0.05) is 30.3 Å². The highest BCUT2D eigenvalue weighted by Gasteiger charge is 2.08. The van der Waals surface area contributed by atoms with Crippen molar-refractivity contribution in [3.8, 4) is 11.3 Å². The number of hydrogen-bond acceptors (Lipinski definition) is 3. The van der Waals surface area contributed by atoms with E-state index in [1.807, 2.05) is 42.5 Å². The summed E-state index contributed by atoms with van der Waals surface area (Å²) in [5.74, 6) is -0.912. The van der Waals surface area contributed by atoms with Crippen LogP contribution < -0.4 is 4.80 Å². The standard InChI is InChI=1S/C18H16N2O2S/c1-2-20-16(13-8-10-14(11-9-13)17(21)22)12-23-18(20)19-15-6-4-3-5-7-15/h3-12H,2H2,1H3,(H,21,22). The van der Waals surface area contributed by atoms with Crippen LogP contribution in [0.15, 0.2) is 65.0 Å². The van der Waals surface area contributed by atoms with Crippen LogP contribution in [0.5, 0.6) is 0 Å². The van der Waals surface area contributed by atoms with Crippen molar-refractivity contribution in [3.63, 3.8) is 0 Å². The van der Waals surface area contributed by atoms with Crippen molar-refractivity contribution < 1.29 is 9.90 Å². The second-order valence-corrected chi connectivity index (χ2v) is 5.81. The second-order valence-electron chi connectivity index (χ2n) is 4.98. The number of para-hydroxylation sites is 1. The minimum Gasteiger partial charge on any atom is -0.478 e. The van der Waals surface area contributed by atoms with E-state index >= 15 is 0 Å². The third kappa shape index (κ3) is 3.24. The first-order valence-corrected chi connectivity index (χ1v) is 8.19. The summed E-state index contributed by atoms with van der Waals surface area (Å²) in [4.78, 5) is 16.6. The summed E-state index contributed by atoms with van der Waals surface area (Å²) in [6.07, 6.45) is 0. The van der Waals surface area contributed by atoms with Crippen molar-refractivity contribution in [1.29, 1.82) is 0 Å². The fourth-order valence-corrected chi connectivity index (χ4v) is 3.34. The Morgan fingerprint density at radius 1 is 1.13 bits per heavy atom. The first-order valence-electron chi connectivity index (χ1n) is 7.31. The molecular formula is C18H16N2O2S. The molecule has 1 aromatic heterocycles. The lowest BCUT2D eigenvalue weighted by Crippen LogP contribution is -2.14. The van der Waals surface area contributed by atoms with Crippen molar-refractivity contribution in [2.75, 3.05) is 0 Å². The van der Waals surface area contributed by atoms with Gasteiger partial charge in [0.1, 0.15) is 0 Å². The van der Waals surface area contributed by atoms with Crippen LogP contribution in [0.1, 0.15) is 17.3 Å². The first-order chi connectivity index (χ1) is 11.2. The molecule has 116 valence electrons. The van der Waals surface area contributed by atoms with Gasteiger partial charge in [0.05, 0.1) is 16.9 Å². The van der Waals surface area contributed by atoms with Crippen LogP contribution in [-0.4, -0.2) is 15.6 Å². The average molecular weight is 324 g/mol. The monoisotopic (exact) mass is 324 g/mol. The third-order valence-electron chi connectivity index (χ3n) is 3.52. The average Bonchev–Trinajstić information content (AvgIpc) is 2.98. The van der Waals surface area contributed by atoms with E-state index in [4.69, 9.17) is 10.1 Å². The van der Waals surface area contributed by atoms with Crippen molar-refractivity contribution >= 4 is 23.0 Å². The third-order valence-corrected chi connectivity index (χ3v) is 4.39. The van der Waals surface area contributed by atoms with E-state index in [0.29, 0.717) is 5.56 Å². The summed E-state index contributed by atoms with van der Waals surface area (Å²) in [7, 11) is 0. The molecule has 0 atom stereocenters. The number of rotatable bonds is 4. The zero-order chi connectivity index (χ0) is 16.2. The van der Waals surface area contributed by atoms with Crippen LogP contribution >= 0.6 is 11.3 Å². The van der Waals surface area contributed by atoms with E-state index < -0.39 is 5.97 Å². The van der Waals surface area contributed by atoms with Gasteiger partial charge in [0, 0.05) is 11.9 Å². The van der Waals surface area contributed by atoms with Crippen molar-refractivity contribution in [3.05, 3.63) is 70.3 Å². The Kier molecular flexibility index (Phi) is 4.39. The molecule has 0 aliphatic rings. The van der Waals surface area contributed by atoms with Gasteiger partial charge < -0.3 is 9.67 Å². The fourth-order valence-electron chi connectivity index (χ4n) is 2.35. The zero-order valence-corrected chi connectivity index (χ0v) is 13.5. The Morgan fingerprint density at radius 2 is 1.83 bits per heavy atom. The molecule has 0 aliphatic carbocycles. The molecule has 1 heterocycles. The lowest BCUT2D eigenvalue weighted by molar-refractivity contribution is 0.0697. The number of carboxylic acids is 1. The van der Waals surface area contributed by atoms with Crippen LogP contribution in [0, 0.1) is 0 Å². The molecule has 0 bridgehead atoms. The largest absolute Gasteiger partial charge is 0.478 e. The topological polar surface area (TPSA) is 54.6 Å². The lowest BCUT2D eigenvalue weighted by Gasteiger charge is -2.06. The maximum Gasteiger partial charge on any atom is 0.335 e. The Hall–Kier alpha value is -2.66. The Morgan fingerprint density at radius 3 is 2.43 bits per heavy atom. The molecule has 1 N–H and O–H groups in total. The van der Waals surface area contributed by atoms with E-state index in [1.54, 1.807) is 23.5 Å². The Bertz CT molecular complexity index is 877. The van der Waals surface area contributed by atoms with Gasteiger partial charge in [-0.05, 0) is 36.8 Å². The molecule has 0 radical (unpaired) electrons. The Balaban J connectivity index is 2.05. The van der Waals surface area contributed by atoms with Gasteiger partial charge in [-0.3, -0.25) is 0 Å². The van der Waals surface area contributed by atoms with Gasteiger partial charge >= 0.3 is 5.97 Å². The number of thiazole rings is 1. The minimum atomic E-state index is -0.912. The lowest BCUT2D eigenvalue weighted by atomic mass is 10.1.